The largest absolute Gasteiger partial charge is 0.465 e. The molecule has 6 heteroatoms. The fourth-order valence-electron chi connectivity index (χ4n) is 1.21. The molecule has 14 heavy (non-hydrogen) atoms. The second-order valence-corrected chi connectivity index (χ2v) is 4.03. The summed E-state index contributed by atoms with van der Waals surface area (Å²) in [7, 11) is 0. The van der Waals surface area contributed by atoms with Crippen LogP contribution in [0.5, 0.6) is 0 Å². The third-order valence-corrected chi connectivity index (χ3v) is 2.80. The monoisotopic (exact) mass is 214 g/mol. The normalized spacial score (nSPS) is 16.7. The molecular weight excluding hydrogens is 204 g/mol. The van der Waals surface area contributed by atoms with Crippen LogP contribution in [0.2, 0.25) is 0 Å². The number of likely N-dealkylation sites (tertiary alicyclic amines) is 1. The molecule has 1 amide bonds. The van der Waals surface area contributed by atoms with Gasteiger partial charge in [-0.25, -0.2) is 9.78 Å². The van der Waals surface area contributed by atoms with Gasteiger partial charge in [-0.2, -0.15) is 0 Å². The Hall–Kier alpha value is -1.14. The van der Waals surface area contributed by atoms with E-state index >= 15 is 0 Å². The standard InChI is InChI=1S/C8H10N2O3S/c11-8(12)10-3-6(4-10)13-5-7-9-1-2-14-7/h1-2,6H,3-5H2,(H,11,12). The molecule has 0 radical (unpaired) electrons. The molecule has 0 unspecified atom stereocenters. The molecule has 2 heterocycles. The highest BCUT2D eigenvalue weighted by molar-refractivity contribution is 7.09. The predicted molar refractivity (Wildman–Crippen MR) is 50.3 cm³/mol. The van der Waals surface area contributed by atoms with E-state index in [1.54, 1.807) is 17.5 Å². The van der Waals surface area contributed by atoms with Gasteiger partial charge in [0.1, 0.15) is 5.01 Å². The van der Waals surface area contributed by atoms with Crippen LogP contribution in [0.3, 0.4) is 0 Å². The van der Waals surface area contributed by atoms with E-state index in [0.717, 1.165) is 5.01 Å². The van der Waals surface area contributed by atoms with Gasteiger partial charge < -0.3 is 14.7 Å². The van der Waals surface area contributed by atoms with Crippen LogP contribution < -0.4 is 0 Å². The Morgan fingerprint density at radius 3 is 3.14 bits per heavy atom. The average molecular weight is 214 g/mol. The molecule has 1 fully saturated rings. The summed E-state index contributed by atoms with van der Waals surface area (Å²) in [5, 5.41) is 11.4. The number of rotatable bonds is 3. The van der Waals surface area contributed by atoms with Crippen molar-refractivity contribution in [1.82, 2.24) is 9.88 Å². The van der Waals surface area contributed by atoms with Crippen LogP contribution >= 0.6 is 11.3 Å². The number of carbonyl (C=O) groups is 1. The summed E-state index contributed by atoms with van der Waals surface area (Å²) in [5.41, 5.74) is 0. The minimum absolute atomic E-state index is 0.0370. The Morgan fingerprint density at radius 1 is 1.79 bits per heavy atom. The van der Waals surface area contributed by atoms with Crippen molar-refractivity contribution in [1.29, 1.82) is 0 Å². The molecule has 0 aromatic carbocycles. The maximum absolute atomic E-state index is 10.4. The molecule has 0 spiro atoms. The lowest BCUT2D eigenvalue weighted by atomic mass is 10.2. The maximum atomic E-state index is 10.4. The summed E-state index contributed by atoms with van der Waals surface area (Å²) in [6, 6.07) is 0. The van der Waals surface area contributed by atoms with E-state index in [1.807, 2.05) is 5.38 Å². The fraction of sp³-hybridized carbons (Fsp3) is 0.500. The van der Waals surface area contributed by atoms with Crippen LogP contribution in [0.25, 0.3) is 0 Å². The maximum Gasteiger partial charge on any atom is 0.407 e. The van der Waals surface area contributed by atoms with Crippen LogP contribution in [0.1, 0.15) is 5.01 Å². The first-order chi connectivity index (χ1) is 6.75. The number of carboxylic acid groups (broad SMARTS) is 1. The zero-order chi connectivity index (χ0) is 9.97. The van der Waals surface area contributed by atoms with Gasteiger partial charge in [0.25, 0.3) is 0 Å². The highest BCUT2D eigenvalue weighted by Gasteiger charge is 2.31. The van der Waals surface area contributed by atoms with Crippen molar-refractivity contribution >= 4 is 17.4 Å². The third kappa shape index (κ3) is 2.02. The molecule has 1 N–H and O–H groups in total. The molecule has 76 valence electrons. The van der Waals surface area contributed by atoms with Crippen LogP contribution in [0.4, 0.5) is 4.79 Å². The van der Waals surface area contributed by atoms with E-state index in [2.05, 4.69) is 4.98 Å². The highest BCUT2D eigenvalue weighted by atomic mass is 32.1. The Balaban J connectivity index is 1.68. The number of aromatic nitrogens is 1. The van der Waals surface area contributed by atoms with Crippen molar-refractivity contribution in [2.75, 3.05) is 13.1 Å². The number of amides is 1. The van der Waals surface area contributed by atoms with Crippen molar-refractivity contribution in [3.05, 3.63) is 16.6 Å². The lowest BCUT2D eigenvalue weighted by Crippen LogP contribution is -2.54. The Bertz CT molecular complexity index is 308. The Morgan fingerprint density at radius 2 is 2.57 bits per heavy atom. The van der Waals surface area contributed by atoms with Crippen molar-refractivity contribution in [3.63, 3.8) is 0 Å². The van der Waals surface area contributed by atoms with E-state index in [0.29, 0.717) is 19.7 Å². The van der Waals surface area contributed by atoms with E-state index in [1.165, 1.54) is 4.90 Å². The molecular formula is C8H10N2O3S. The Kier molecular flexibility index (Phi) is 2.64. The zero-order valence-electron chi connectivity index (χ0n) is 7.42. The van der Waals surface area contributed by atoms with E-state index in [9.17, 15) is 4.79 Å². The minimum Gasteiger partial charge on any atom is -0.465 e. The summed E-state index contributed by atoms with van der Waals surface area (Å²) in [6.07, 6.45) is 0.891. The van der Waals surface area contributed by atoms with Gasteiger partial charge in [0, 0.05) is 11.6 Å². The van der Waals surface area contributed by atoms with Gasteiger partial charge in [-0.1, -0.05) is 0 Å². The smallest absolute Gasteiger partial charge is 0.407 e. The van der Waals surface area contributed by atoms with E-state index in [-0.39, 0.29) is 6.10 Å². The highest BCUT2D eigenvalue weighted by Crippen LogP contribution is 2.14. The summed E-state index contributed by atoms with van der Waals surface area (Å²) in [4.78, 5) is 15.8. The molecule has 2 rings (SSSR count). The lowest BCUT2D eigenvalue weighted by Gasteiger charge is -2.36. The first-order valence-electron chi connectivity index (χ1n) is 4.23. The minimum atomic E-state index is -0.876. The molecule has 5 nitrogen and oxygen atoms in total. The van der Waals surface area contributed by atoms with Gasteiger partial charge in [0.05, 0.1) is 25.8 Å². The first kappa shape index (κ1) is 9.42. The van der Waals surface area contributed by atoms with Crippen molar-refractivity contribution in [3.8, 4) is 0 Å². The third-order valence-electron chi connectivity index (χ3n) is 2.04. The van der Waals surface area contributed by atoms with Gasteiger partial charge in [-0.05, 0) is 0 Å². The van der Waals surface area contributed by atoms with Crippen LogP contribution in [0.15, 0.2) is 11.6 Å². The molecule has 0 aliphatic carbocycles. The SMILES string of the molecule is O=C(O)N1CC(OCc2nccs2)C1. The summed E-state index contributed by atoms with van der Waals surface area (Å²) in [6.45, 7) is 1.43. The average Bonchev–Trinajstić information content (AvgIpc) is 2.52. The molecule has 1 saturated heterocycles. The number of nitrogens with zero attached hydrogens (tertiary/aromatic N) is 2. The quantitative estimate of drug-likeness (QED) is 0.816. The van der Waals surface area contributed by atoms with Gasteiger partial charge in [-0.3, -0.25) is 0 Å². The van der Waals surface area contributed by atoms with E-state index in [4.69, 9.17) is 9.84 Å². The van der Waals surface area contributed by atoms with Crippen molar-refractivity contribution in [2.45, 2.75) is 12.7 Å². The fourth-order valence-corrected chi connectivity index (χ4v) is 1.75. The van der Waals surface area contributed by atoms with Gasteiger partial charge in [0.2, 0.25) is 0 Å². The Labute approximate surface area is 84.9 Å². The zero-order valence-corrected chi connectivity index (χ0v) is 8.24. The van der Waals surface area contributed by atoms with E-state index < -0.39 is 6.09 Å². The molecule has 0 bridgehead atoms. The topological polar surface area (TPSA) is 62.7 Å². The number of thiazole rings is 1. The molecule has 0 atom stereocenters. The second kappa shape index (κ2) is 3.93. The summed E-state index contributed by atoms with van der Waals surface area (Å²) < 4.78 is 5.45. The van der Waals surface area contributed by atoms with Crippen LogP contribution in [-0.2, 0) is 11.3 Å². The molecule has 1 aliphatic rings. The number of hydrogen-bond donors (Lipinski definition) is 1. The van der Waals surface area contributed by atoms with Gasteiger partial charge >= 0.3 is 6.09 Å². The van der Waals surface area contributed by atoms with Crippen LogP contribution in [-0.4, -0.2) is 40.3 Å². The predicted octanol–water partition coefficient (Wildman–Crippen LogP) is 1.02. The molecule has 1 aromatic heterocycles. The first-order valence-corrected chi connectivity index (χ1v) is 5.11. The van der Waals surface area contributed by atoms with Gasteiger partial charge in [0.15, 0.2) is 0 Å². The van der Waals surface area contributed by atoms with Crippen LogP contribution in [0, 0.1) is 0 Å². The summed E-state index contributed by atoms with van der Waals surface area (Å²) in [5.74, 6) is 0. The van der Waals surface area contributed by atoms with Crippen molar-refractivity contribution < 1.29 is 14.6 Å². The summed E-state index contributed by atoms with van der Waals surface area (Å²) >= 11 is 1.54. The lowest BCUT2D eigenvalue weighted by molar-refractivity contribution is -0.0523. The van der Waals surface area contributed by atoms with Gasteiger partial charge in [-0.15, -0.1) is 11.3 Å². The molecule has 1 aliphatic heterocycles. The molecule has 1 aromatic rings. The number of hydrogen-bond acceptors (Lipinski definition) is 4. The molecule has 0 saturated carbocycles. The second-order valence-electron chi connectivity index (χ2n) is 3.05. The van der Waals surface area contributed by atoms with Crippen molar-refractivity contribution in [2.24, 2.45) is 0 Å². The number of ether oxygens (including phenoxy) is 1.